The first-order valence-electron chi connectivity index (χ1n) is 8.65. The van der Waals surface area contributed by atoms with Gasteiger partial charge in [-0.05, 0) is 56.5 Å². The van der Waals surface area contributed by atoms with Crippen LogP contribution in [0.15, 0.2) is 40.9 Å². The number of aryl methyl sites for hydroxylation is 3. The Bertz CT molecular complexity index is 970. The Morgan fingerprint density at radius 1 is 1.07 bits per heavy atom. The summed E-state index contributed by atoms with van der Waals surface area (Å²) in [7, 11) is 0. The smallest absolute Gasteiger partial charge is 0.319 e. The second kappa shape index (κ2) is 6.93. The predicted molar refractivity (Wildman–Crippen MR) is 107 cm³/mol. The standard InChI is InChI=1S/C21H21BrN2O3/c1-12-9-14(3)15(10-13(12)2)18(25)11-24-19(26)21(4,23-20(24)27)16-7-5-6-8-17(16)22/h5-10H,11H2,1-4H3,(H,23,27). The van der Waals surface area contributed by atoms with Crippen molar-refractivity contribution in [2.24, 2.45) is 0 Å². The topological polar surface area (TPSA) is 66.5 Å². The molecule has 0 bridgehead atoms. The van der Waals surface area contributed by atoms with E-state index in [9.17, 15) is 14.4 Å². The van der Waals surface area contributed by atoms with Crippen molar-refractivity contribution in [2.45, 2.75) is 33.2 Å². The molecule has 5 nitrogen and oxygen atoms in total. The molecule has 3 rings (SSSR count). The summed E-state index contributed by atoms with van der Waals surface area (Å²) in [5.74, 6) is -0.690. The molecule has 1 heterocycles. The number of benzene rings is 2. The minimum atomic E-state index is -1.21. The molecule has 1 N–H and O–H groups in total. The van der Waals surface area contributed by atoms with Crippen molar-refractivity contribution >= 4 is 33.7 Å². The molecule has 0 aromatic heterocycles. The number of rotatable bonds is 4. The van der Waals surface area contributed by atoms with Gasteiger partial charge in [0.25, 0.3) is 5.91 Å². The summed E-state index contributed by atoms with van der Waals surface area (Å²) in [4.78, 5) is 39.3. The molecule has 3 amide bonds. The lowest BCUT2D eigenvalue weighted by molar-refractivity contribution is -0.130. The number of imide groups is 1. The maximum Gasteiger partial charge on any atom is 0.325 e. The van der Waals surface area contributed by atoms with Gasteiger partial charge in [0.05, 0.1) is 6.54 Å². The molecular weight excluding hydrogens is 408 g/mol. The molecule has 0 spiro atoms. The third-order valence-corrected chi connectivity index (χ3v) is 5.82. The average Bonchev–Trinajstić information content (AvgIpc) is 2.82. The number of hydrogen-bond donors (Lipinski definition) is 1. The van der Waals surface area contributed by atoms with Gasteiger partial charge in [-0.3, -0.25) is 14.5 Å². The van der Waals surface area contributed by atoms with Crippen molar-refractivity contribution in [3.05, 3.63) is 68.7 Å². The van der Waals surface area contributed by atoms with E-state index < -0.39 is 17.5 Å². The van der Waals surface area contributed by atoms with E-state index in [2.05, 4.69) is 21.2 Å². The summed E-state index contributed by atoms with van der Waals surface area (Å²) < 4.78 is 0.722. The van der Waals surface area contributed by atoms with Gasteiger partial charge < -0.3 is 5.32 Å². The van der Waals surface area contributed by atoms with E-state index in [1.165, 1.54) is 0 Å². The Balaban J connectivity index is 1.90. The maximum absolute atomic E-state index is 13.0. The van der Waals surface area contributed by atoms with Crippen LogP contribution in [0.4, 0.5) is 4.79 Å². The van der Waals surface area contributed by atoms with Crippen LogP contribution in [0.5, 0.6) is 0 Å². The highest BCUT2D eigenvalue weighted by atomic mass is 79.9. The second-order valence-electron chi connectivity index (χ2n) is 7.10. The molecule has 27 heavy (non-hydrogen) atoms. The number of amides is 3. The van der Waals surface area contributed by atoms with Crippen LogP contribution in [0, 0.1) is 20.8 Å². The molecule has 1 unspecified atom stereocenters. The highest BCUT2D eigenvalue weighted by Crippen LogP contribution is 2.33. The van der Waals surface area contributed by atoms with Crippen LogP contribution >= 0.6 is 15.9 Å². The van der Waals surface area contributed by atoms with Crippen molar-refractivity contribution in [3.63, 3.8) is 0 Å². The van der Waals surface area contributed by atoms with Crippen molar-refractivity contribution in [3.8, 4) is 0 Å². The number of carbonyl (C=O) groups is 3. The van der Waals surface area contributed by atoms with Crippen LogP contribution < -0.4 is 5.32 Å². The lowest BCUT2D eigenvalue weighted by Crippen LogP contribution is -2.41. The van der Waals surface area contributed by atoms with E-state index in [-0.39, 0.29) is 12.3 Å². The molecule has 1 fully saturated rings. The minimum Gasteiger partial charge on any atom is -0.319 e. The highest BCUT2D eigenvalue weighted by Gasteiger charge is 2.50. The first-order chi connectivity index (χ1) is 12.6. The highest BCUT2D eigenvalue weighted by molar-refractivity contribution is 9.10. The summed E-state index contributed by atoms with van der Waals surface area (Å²) in [5, 5.41) is 2.73. The number of urea groups is 1. The molecule has 1 saturated heterocycles. The van der Waals surface area contributed by atoms with Crippen molar-refractivity contribution < 1.29 is 14.4 Å². The van der Waals surface area contributed by atoms with Gasteiger partial charge >= 0.3 is 6.03 Å². The number of nitrogens with one attached hydrogen (secondary N) is 1. The molecule has 6 heteroatoms. The Hall–Kier alpha value is -2.47. The quantitative estimate of drug-likeness (QED) is 0.590. The summed E-state index contributed by atoms with van der Waals surface area (Å²) >= 11 is 3.43. The van der Waals surface area contributed by atoms with Gasteiger partial charge in [0.15, 0.2) is 5.78 Å². The first-order valence-corrected chi connectivity index (χ1v) is 9.44. The molecule has 2 aromatic rings. The summed E-state index contributed by atoms with van der Waals surface area (Å²) in [6, 6.07) is 10.4. The van der Waals surface area contributed by atoms with Crippen LogP contribution in [0.3, 0.4) is 0 Å². The third kappa shape index (κ3) is 3.30. The van der Waals surface area contributed by atoms with Gasteiger partial charge in [-0.25, -0.2) is 4.79 Å². The molecule has 2 aromatic carbocycles. The Morgan fingerprint density at radius 3 is 2.37 bits per heavy atom. The Labute approximate surface area is 166 Å². The fraction of sp³-hybridized carbons (Fsp3) is 0.286. The lowest BCUT2D eigenvalue weighted by atomic mass is 9.92. The van der Waals surface area contributed by atoms with Gasteiger partial charge in [-0.15, -0.1) is 0 Å². The molecule has 1 atom stereocenters. The number of hydrogen-bond acceptors (Lipinski definition) is 3. The summed E-state index contributed by atoms with van der Waals surface area (Å²) in [6.07, 6.45) is 0. The van der Waals surface area contributed by atoms with E-state index in [1.54, 1.807) is 19.1 Å². The molecular formula is C21H21BrN2O3. The second-order valence-corrected chi connectivity index (χ2v) is 7.96. The van der Waals surface area contributed by atoms with Crippen LogP contribution in [0.25, 0.3) is 0 Å². The van der Waals surface area contributed by atoms with E-state index in [0.717, 1.165) is 26.1 Å². The summed E-state index contributed by atoms with van der Waals surface area (Å²) in [6.45, 7) is 7.14. The molecule has 140 valence electrons. The zero-order valence-electron chi connectivity index (χ0n) is 15.7. The zero-order chi connectivity index (χ0) is 19.9. The molecule has 0 aliphatic carbocycles. The van der Waals surface area contributed by atoms with Crippen LogP contribution in [-0.2, 0) is 10.3 Å². The first kappa shape index (κ1) is 19.3. The van der Waals surface area contributed by atoms with E-state index in [1.807, 2.05) is 45.0 Å². The molecule has 0 radical (unpaired) electrons. The number of nitrogens with zero attached hydrogens (tertiary/aromatic N) is 1. The van der Waals surface area contributed by atoms with Gasteiger partial charge in [0.1, 0.15) is 5.54 Å². The van der Waals surface area contributed by atoms with Crippen molar-refractivity contribution in [1.29, 1.82) is 0 Å². The van der Waals surface area contributed by atoms with Gasteiger partial charge in [0, 0.05) is 15.6 Å². The van der Waals surface area contributed by atoms with Gasteiger partial charge in [0.2, 0.25) is 0 Å². The van der Waals surface area contributed by atoms with Crippen molar-refractivity contribution in [2.75, 3.05) is 6.54 Å². The number of halogens is 1. The Kier molecular flexibility index (Phi) is 4.95. The van der Waals surface area contributed by atoms with E-state index in [0.29, 0.717) is 11.1 Å². The van der Waals surface area contributed by atoms with E-state index in [4.69, 9.17) is 0 Å². The molecule has 1 aliphatic rings. The average molecular weight is 429 g/mol. The largest absolute Gasteiger partial charge is 0.325 e. The maximum atomic E-state index is 13.0. The fourth-order valence-electron chi connectivity index (χ4n) is 3.38. The predicted octanol–water partition coefficient (Wildman–Crippen LogP) is 4.02. The fourth-order valence-corrected chi connectivity index (χ4v) is 4.06. The van der Waals surface area contributed by atoms with Crippen LogP contribution in [-0.4, -0.2) is 29.2 Å². The number of ketones is 1. The third-order valence-electron chi connectivity index (χ3n) is 5.13. The molecule has 0 saturated carbocycles. The normalized spacial score (nSPS) is 19.4. The Morgan fingerprint density at radius 2 is 1.70 bits per heavy atom. The van der Waals surface area contributed by atoms with Crippen molar-refractivity contribution in [1.82, 2.24) is 10.2 Å². The van der Waals surface area contributed by atoms with Crippen LogP contribution in [0.2, 0.25) is 0 Å². The van der Waals surface area contributed by atoms with E-state index >= 15 is 0 Å². The number of Topliss-reactive ketones (excluding diaryl/α,β-unsaturated/α-hetero) is 1. The van der Waals surface area contributed by atoms with Gasteiger partial charge in [-0.2, -0.15) is 0 Å². The summed E-state index contributed by atoms with van der Waals surface area (Å²) in [5.41, 5.74) is 2.91. The monoisotopic (exact) mass is 428 g/mol. The minimum absolute atomic E-state index is 0.254. The molecule has 1 aliphatic heterocycles. The van der Waals surface area contributed by atoms with Gasteiger partial charge in [-0.1, -0.05) is 40.2 Å². The zero-order valence-corrected chi connectivity index (χ0v) is 17.3. The van der Waals surface area contributed by atoms with Crippen LogP contribution in [0.1, 0.15) is 39.5 Å². The SMILES string of the molecule is Cc1cc(C)c(C(=O)CN2C(=O)NC(C)(c3ccccc3Br)C2=O)cc1C. The number of carbonyl (C=O) groups excluding carboxylic acids is 3. The lowest BCUT2D eigenvalue weighted by Gasteiger charge is -2.23.